The maximum absolute atomic E-state index is 9.84. The van der Waals surface area contributed by atoms with Gasteiger partial charge in [0.2, 0.25) is 0 Å². The lowest BCUT2D eigenvalue weighted by Crippen LogP contribution is -2.23. The third kappa shape index (κ3) is 3.93. The lowest BCUT2D eigenvalue weighted by atomic mass is 10.2. The molecule has 1 atom stereocenters. The van der Waals surface area contributed by atoms with Crippen LogP contribution in [0.1, 0.15) is 17.2 Å². The standard InChI is InChI=1S/C13H16N2OS/c16-13(12-4-8-17-10-12)9-15-7-3-11-1-5-14-6-2-11/h1-2,4-6,8,10,13,15-16H,3,7,9H2. The molecule has 0 spiro atoms. The second-order valence-corrected chi connectivity index (χ2v) is 4.66. The van der Waals surface area contributed by atoms with Crippen LogP contribution in [0.5, 0.6) is 0 Å². The van der Waals surface area contributed by atoms with Crippen LogP contribution in [0.3, 0.4) is 0 Å². The summed E-state index contributed by atoms with van der Waals surface area (Å²) in [6, 6.07) is 5.98. The predicted octanol–water partition coefficient (Wildman–Crippen LogP) is 2.01. The molecule has 4 heteroatoms. The molecule has 0 bridgehead atoms. The van der Waals surface area contributed by atoms with Crippen LogP contribution in [-0.2, 0) is 6.42 Å². The fourth-order valence-electron chi connectivity index (χ4n) is 1.60. The average molecular weight is 248 g/mol. The highest BCUT2D eigenvalue weighted by Crippen LogP contribution is 2.14. The normalized spacial score (nSPS) is 12.5. The maximum Gasteiger partial charge on any atom is 0.0922 e. The van der Waals surface area contributed by atoms with Crippen molar-refractivity contribution in [2.45, 2.75) is 12.5 Å². The largest absolute Gasteiger partial charge is 0.387 e. The summed E-state index contributed by atoms with van der Waals surface area (Å²) < 4.78 is 0. The fraction of sp³-hybridized carbons (Fsp3) is 0.308. The van der Waals surface area contributed by atoms with E-state index in [-0.39, 0.29) is 0 Å². The fourth-order valence-corrected chi connectivity index (χ4v) is 2.31. The van der Waals surface area contributed by atoms with Gasteiger partial charge in [-0.3, -0.25) is 4.98 Å². The summed E-state index contributed by atoms with van der Waals surface area (Å²) in [7, 11) is 0. The number of aromatic nitrogens is 1. The van der Waals surface area contributed by atoms with E-state index in [2.05, 4.69) is 10.3 Å². The molecule has 0 fully saturated rings. The molecule has 0 aliphatic rings. The second kappa shape index (κ2) is 6.49. The predicted molar refractivity (Wildman–Crippen MR) is 70.1 cm³/mol. The number of nitrogens with one attached hydrogen (secondary N) is 1. The summed E-state index contributed by atoms with van der Waals surface area (Å²) in [5.74, 6) is 0. The quantitative estimate of drug-likeness (QED) is 0.769. The van der Waals surface area contributed by atoms with Crippen LogP contribution in [0.4, 0.5) is 0 Å². The van der Waals surface area contributed by atoms with Crippen LogP contribution in [0, 0.1) is 0 Å². The highest BCUT2D eigenvalue weighted by atomic mass is 32.1. The van der Waals surface area contributed by atoms with Crippen molar-refractivity contribution in [2.24, 2.45) is 0 Å². The summed E-state index contributed by atoms with van der Waals surface area (Å²) in [4.78, 5) is 3.98. The number of rotatable bonds is 6. The molecule has 0 aliphatic heterocycles. The number of aliphatic hydroxyl groups excluding tert-OH is 1. The van der Waals surface area contributed by atoms with Crippen molar-refractivity contribution in [1.29, 1.82) is 0 Å². The van der Waals surface area contributed by atoms with Crippen molar-refractivity contribution in [3.05, 3.63) is 52.5 Å². The summed E-state index contributed by atoms with van der Waals surface area (Å²) in [6.07, 6.45) is 4.16. The zero-order valence-corrected chi connectivity index (χ0v) is 10.4. The Kier molecular flexibility index (Phi) is 4.67. The van der Waals surface area contributed by atoms with Gasteiger partial charge in [-0.2, -0.15) is 11.3 Å². The van der Waals surface area contributed by atoms with E-state index in [0.717, 1.165) is 18.5 Å². The van der Waals surface area contributed by atoms with Crippen LogP contribution in [0.25, 0.3) is 0 Å². The van der Waals surface area contributed by atoms with Crippen molar-refractivity contribution in [3.63, 3.8) is 0 Å². The number of nitrogens with zero attached hydrogens (tertiary/aromatic N) is 1. The zero-order chi connectivity index (χ0) is 11.9. The van der Waals surface area contributed by atoms with Crippen molar-refractivity contribution in [3.8, 4) is 0 Å². The van der Waals surface area contributed by atoms with Crippen molar-refractivity contribution >= 4 is 11.3 Å². The minimum Gasteiger partial charge on any atom is -0.387 e. The summed E-state index contributed by atoms with van der Waals surface area (Å²) >= 11 is 1.61. The number of pyridine rings is 1. The first-order valence-electron chi connectivity index (χ1n) is 5.66. The Bertz CT molecular complexity index is 416. The molecule has 0 radical (unpaired) electrons. The molecule has 17 heavy (non-hydrogen) atoms. The molecule has 0 saturated carbocycles. The van der Waals surface area contributed by atoms with Gasteiger partial charge in [0.05, 0.1) is 6.10 Å². The number of aliphatic hydroxyl groups is 1. The molecule has 2 heterocycles. The Balaban J connectivity index is 1.67. The van der Waals surface area contributed by atoms with Gasteiger partial charge in [0.15, 0.2) is 0 Å². The van der Waals surface area contributed by atoms with Crippen molar-refractivity contribution < 1.29 is 5.11 Å². The molecule has 2 aromatic rings. The first-order valence-corrected chi connectivity index (χ1v) is 6.60. The van der Waals surface area contributed by atoms with Gasteiger partial charge >= 0.3 is 0 Å². The van der Waals surface area contributed by atoms with Gasteiger partial charge in [0.25, 0.3) is 0 Å². The van der Waals surface area contributed by atoms with Gasteiger partial charge in [-0.15, -0.1) is 0 Å². The zero-order valence-electron chi connectivity index (χ0n) is 9.54. The highest BCUT2D eigenvalue weighted by Gasteiger charge is 2.06. The SMILES string of the molecule is OC(CNCCc1ccncc1)c1ccsc1. The molecule has 1 unspecified atom stereocenters. The van der Waals surface area contributed by atoms with Gasteiger partial charge in [-0.05, 0) is 53.1 Å². The summed E-state index contributed by atoms with van der Waals surface area (Å²) in [5.41, 5.74) is 2.25. The van der Waals surface area contributed by atoms with Gasteiger partial charge in [-0.25, -0.2) is 0 Å². The van der Waals surface area contributed by atoms with Gasteiger partial charge in [-0.1, -0.05) is 0 Å². The lowest BCUT2D eigenvalue weighted by molar-refractivity contribution is 0.175. The first-order chi connectivity index (χ1) is 8.36. The molecule has 2 aromatic heterocycles. The molecule has 3 nitrogen and oxygen atoms in total. The molecule has 0 saturated heterocycles. The van der Waals surface area contributed by atoms with E-state index in [1.807, 2.05) is 29.0 Å². The number of hydrogen-bond donors (Lipinski definition) is 2. The molecule has 0 aliphatic carbocycles. The Morgan fingerprint density at radius 1 is 1.29 bits per heavy atom. The molecule has 2 rings (SSSR count). The van der Waals surface area contributed by atoms with Crippen LogP contribution in [-0.4, -0.2) is 23.2 Å². The molecule has 90 valence electrons. The van der Waals surface area contributed by atoms with E-state index in [9.17, 15) is 5.11 Å². The molecule has 0 amide bonds. The van der Waals surface area contributed by atoms with Crippen LogP contribution < -0.4 is 5.32 Å². The summed E-state index contributed by atoms with van der Waals surface area (Å²) in [5, 5.41) is 17.1. The van der Waals surface area contributed by atoms with Gasteiger partial charge in [0, 0.05) is 18.9 Å². The van der Waals surface area contributed by atoms with Crippen LogP contribution >= 0.6 is 11.3 Å². The number of thiophene rings is 1. The molecule has 0 aromatic carbocycles. The van der Waals surface area contributed by atoms with Gasteiger partial charge in [0.1, 0.15) is 0 Å². The van der Waals surface area contributed by atoms with E-state index in [1.165, 1.54) is 5.56 Å². The van der Waals surface area contributed by atoms with E-state index in [4.69, 9.17) is 0 Å². The smallest absolute Gasteiger partial charge is 0.0922 e. The van der Waals surface area contributed by atoms with E-state index in [1.54, 1.807) is 23.7 Å². The van der Waals surface area contributed by atoms with Gasteiger partial charge < -0.3 is 10.4 Å². The molecular weight excluding hydrogens is 232 g/mol. The topological polar surface area (TPSA) is 45.1 Å². The minimum absolute atomic E-state index is 0.404. The molecule has 2 N–H and O–H groups in total. The third-order valence-electron chi connectivity index (χ3n) is 2.61. The maximum atomic E-state index is 9.84. The Morgan fingerprint density at radius 3 is 2.82 bits per heavy atom. The Morgan fingerprint density at radius 2 is 2.12 bits per heavy atom. The Labute approximate surface area is 105 Å². The first kappa shape index (κ1) is 12.2. The lowest BCUT2D eigenvalue weighted by Gasteiger charge is -2.10. The third-order valence-corrected chi connectivity index (χ3v) is 3.31. The second-order valence-electron chi connectivity index (χ2n) is 3.88. The monoisotopic (exact) mass is 248 g/mol. The minimum atomic E-state index is -0.404. The van der Waals surface area contributed by atoms with Crippen molar-refractivity contribution in [1.82, 2.24) is 10.3 Å². The van der Waals surface area contributed by atoms with Crippen LogP contribution in [0.2, 0.25) is 0 Å². The van der Waals surface area contributed by atoms with E-state index < -0.39 is 6.10 Å². The van der Waals surface area contributed by atoms with Crippen molar-refractivity contribution in [2.75, 3.05) is 13.1 Å². The summed E-state index contributed by atoms with van der Waals surface area (Å²) in [6.45, 7) is 1.47. The van der Waals surface area contributed by atoms with Crippen LogP contribution in [0.15, 0.2) is 41.4 Å². The van der Waals surface area contributed by atoms with E-state index in [0.29, 0.717) is 6.54 Å². The molecular formula is C13H16N2OS. The van der Waals surface area contributed by atoms with E-state index >= 15 is 0 Å². The highest BCUT2D eigenvalue weighted by molar-refractivity contribution is 7.07. The Hall–Kier alpha value is -1.23. The number of hydrogen-bond acceptors (Lipinski definition) is 4. The average Bonchev–Trinajstić information content (AvgIpc) is 2.89.